The molecule has 1 heterocycles. The molecule has 0 radical (unpaired) electrons. The van der Waals surface area contributed by atoms with Crippen molar-refractivity contribution in [2.45, 2.75) is 26.3 Å². The molecule has 4 aromatic rings. The maximum atomic E-state index is 12.4. The van der Waals surface area contributed by atoms with Gasteiger partial charge in [-0.3, -0.25) is 4.79 Å². The van der Waals surface area contributed by atoms with Crippen molar-refractivity contribution in [3.63, 3.8) is 0 Å². The quantitative estimate of drug-likeness (QED) is 0.162. The number of tetrazole rings is 1. The third-order valence-electron chi connectivity index (χ3n) is 5.55. The van der Waals surface area contributed by atoms with Crippen molar-refractivity contribution in [3.05, 3.63) is 82.3 Å². The Labute approximate surface area is 241 Å². The summed E-state index contributed by atoms with van der Waals surface area (Å²) < 4.78 is 5.97. The van der Waals surface area contributed by atoms with E-state index in [4.69, 9.17) is 40.2 Å². The Bertz CT molecular complexity index is 1440. The van der Waals surface area contributed by atoms with Crippen molar-refractivity contribution in [2.75, 3.05) is 18.4 Å². The number of para-hydroxylation sites is 1. The summed E-state index contributed by atoms with van der Waals surface area (Å²) >= 11 is 17.5. The first kappa shape index (κ1) is 28.3. The van der Waals surface area contributed by atoms with E-state index < -0.39 is 0 Å². The molecule has 0 saturated heterocycles. The molecule has 1 aromatic heterocycles. The Morgan fingerprint density at radius 1 is 1.00 bits per heavy atom. The molecular weight excluding hydrogens is 557 g/mol. The fourth-order valence-corrected chi connectivity index (χ4v) is 4.19. The molecule has 0 aliphatic heterocycles. The van der Waals surface area contributed by atoms with Crippen molar-refractivity contribution in [2.24, 2.45) is 0 Å². The standard InChI is InChI=1S/C27H27Cl2N7O2S/c1-17(2)18-7-10-20(11-8-18)32-27(39)31-14-13-30-25(37)16-36-34-26(33-35-36)21-5-3-4-6-23(21)38-24-12-9-19(28)15-22(24)29/h3-12,15,17H,13-14,16H2,1-2H3,(H,30,37)(H2,31,32,39). The summed E-state index contributed by atoms with van der Waals surface area (Å²) in [6.07, 6.45) is 0. The van der Waals surface area contributed by atoms with Crippen LogP contribution in [0.15, 0.2) is 66.7 Å². The van der Waals surface area contributed by atoms with Gasteiger partial charge >= 0.3 is 0 Å². The second kappa shape index (κ2) is 13.4. The zero-order valence-electron chi connectivity index (χ0n) is 21.3. The van der Waals surface area contributed by atoms with Gasteiger partial charge < -0.3 is 20.7 Å². The molecule has 3 N–H and O–H groups in total. The molecule has 0 unspecified atom stereocenters. The zero-order valence-corrected chi connectivity index (χ0v) is 23.6. The van der Waals surface area contributed by atoms with E-state index in [-0.39, 0.29) is 12.5 Å². The summed E-state index contributed by atoms with van der Waals surface area (Å²) in [5.74, 6) is 1.44. The first-order valence-electron chi connectivity index (χ1n) is 12.2. The second-order valence-corrected chi connectivity index (χ2v) is 10.1. The molecule has 39 heavy (non-hydrogen) atoms. The highest BCUT2D eigenvalue weighted by atomic mass is 35.5. The Morgan fingerprint density at radius 2 is 1.74 bits per heavy atom. The number of rotatable bonds is 10. The predicted octanol–water partition coefficient (Wildman–Crippen LogP) is 5.67. The maximum absolute atomic E-state index is 12.4. The molecule has 0 saturated carbocycles. The van der Waals surface area contributed by atoms with Gasteiger partial charge in [-0.2, -0.15) is 4.80 Å². The lowest BCUT2D eigenvalue weighted by Gasteiger charge is -2.12. The van der Waals surface area contributed by atoms with Gasteiger partial charge in [-0.05, 0) is 71.4 Å². The van der Waals surface area contributed by atoms with Crippen LogP contribution in [0.25, 0.3) is 11.4 Å². The van der Waals surface area contributed by atoms with Crippen LogP contribution in [0.2, 0.25) is 10.0 Å². The number of amides is 1. The smallest absolute Gasteiger partial charge is 0.243 e. The first-order valence-corrected chi connectivity index (χ1v) is 13.4. The van der Waals surface area contributed by atoms with Crippen LogP contribution in [0.4, 0.5) is 5.69 Å². The highest BCUT2D eigenvalue weighted by Gasteiger charge is 2.15. The van der Waals surface area contributed by atoms with Crippen molar-refractivity contribution < 1.29 is 9.53 Å². The summed E-state index contributed by atoms with van der Waals surface area (Å²) in [6.45, 7) is 5.03. The molecular formula is C27H27Cl2N7O2S. The molecule has 1 amide bonds. The van der Waals surface area contributed by atoms with Gasteiger partial charge in [0.1, 0.15) is 18.0 Å². The van der Waals surface area contributed by atoms with Gasteiger partial charge in [-0.25, -0.2) is 0 Å². The van der Waals surface area contributed by atoms with Gasteiger partial charge in [0, 0.05) is 23.8 Å². The number of benzene rings is 3. The largest absolute Gasteiger partial charge is 0.455 e. The molecule has 0 spiro atoms. The predicted molar refractivity (Wildman–Crippen MR) is 158 cm³/mol. The highest BCUT2D eigenvalue weighted by Crippen LogP contribution is 2.35. The molecule has 0 aliphatic carbocycles. The van der Waals surface area contributed by atoms with Gasteiger partial charge in [-0.1, -0.05) is 61.3 Å². The minimum absolute atomic E-state index is 0.0933. The number of carbonyl (C=O) groups excluding carboxylic acids is 1. The van der Waals surface area contributed by atoms with E-state index in [2.05, 4.69) is 57.3 Å². The fourth-order valence-electron chi connectivity index (χ4n) is 3.52. The monoisotopic (exact) mass is 583 g/mol. The van der Waals surface area contributed by atoms with Crippen LogP contribution in [0.1, 0.15) is 25.3 Å². The fraction of sp³-hybridized carbons (Fsp3) is 0.222. The van der Waals surface area contributed by atoms with E-state index in [1.54, 1.807) is 30.3 Å². The average Bonchev–Trinajstić information content (AvgIpc) is 3.37. The van der Waals surface area contributed by atoms with Crippen LogP contribution in [-0.4, -0.2) is 44.3 Å². The molecule has 0 fully saturated rings. The molecule has 0 bridgehead atoms. The average molecular weight is 585 g/mol. The summed E-state index contributed by atoms with van der Waals surface area (Å²) in [6, 6.07) is 20.3. The number of anilines is 1. The number of halogens is 2. The minimum atomic E-state index is -0.263. The first-order chi connectivity index (χ1) is 18.8. The van der Waals surface area contributed by atoms with Crippen LogP contribution < -0.4 is 20.7 Å². The van der Waals surface area contributed by atoms with E-state index in [9.17, 15) is 4.79 Å². The van der Waals surface area contributed by atoms with E-state index in [0.29, 0.717) is 57.1 Å². The third-order valence-corrected chi connectivity index (χ3v) is 6.32. The van der Waals surface area contributed by atoms with E-state index >= 15 is 0 Å². The Hall–Kier alpha value is -3.73. The SMILES string of the molecule is CC(C)c1ccc(NC(=S)NCCNC(=O)Cn2nnc(-c3ccccc3Oc3ccc(Cl)cc3Cl)n2)cc1. The van der Waals surface area contributed by atoms with Crippen molar-refractivity contribution in [1.29, 1.82) is 0 Å². The number of thiocarbonyl (C=S) groups is 1. The number of ether oxygens (including phenoxy) is 1. The van der Waals surface area contributed by atoms with Crippen LogP contribution >= 0.6 is 35.4 Å². The number of hydrogen-bond donors (Lipinski definition) is 3. The molecule has 0 aliphatic rings. The lowest BCUT2D eigenvalue weighted by Crippen LogP contribution is -2.38. The number of hydrogen-bond acceptors (Lipinski definition) is 6. The van der Waals surface area contributed by atoms with Crippen LogP contribution in [0.3, 0.4) is 0 Å². The number of nitrogens with zero attached hydrogens (tertiary/aromatic N) is 4. The van der Waals surface area contributed by atoms with Gasteiger partial charge in [0.15, 0.2) is 5.11 Å². The Balaban J connectivity index is 1.25. The number of aromatic nitrogens is 4. The van der Waals surface area contributed by atoms with E-state index in [0.717, 1.165) is 5.69 Å². The number of carbonyl (C=O) groups is 1. The van der Waals surface area contributed by atoms with Gasteiger partial charge in [0.2, 0.25) is 11.7 Å². The van der Waals surface area contributed by atoms with Crippen molar-refractivity contribution in [3.8, 4) is 22.9 Å². The lowest BCUT2D eigenvalue weighted by molar-refractivity contribution is -0.122. The Kier molecular flexibility index (Phi) is 9.69. The van der Waals surface area contributed by atoms with Gasteiger partial charge in [0.05, 0.1) is 10.6 Å². The lowest BCUT2D eigenvalue weighted by atomic mass is 10.0. The molecule has 12 heteroatoms. The summed E-state index contributed by atoms with van der Waals surface area (Å²) in [5, 5.41) is 22.8. The van der Waals surface area contributed by atoms with Gasteiger partial charge in [-0.15, -0.1) is 10.2 Å². The third kappa shape index (κ3) is 8.13. The second-order valence-electron chi connectivity index (χ2n) is 8.82. The summed E-state index contributed by atoms with van der Waals surface area (Å²) in [5.41, 5.74) is 2.76. The molecule has 0 atom stereocenters. The maximum Gasteiger partial charge on any atom is 0.243 e. The summed E-state index contributed by atoms with van der Waals surface area (Å²) in [7, 11) is 0. The Morgan fingerprint density at radius 3 is 2.49 bits per heavy atom. The topological polar surface area (TPSA) is 106 Å². The van der Waals surface area contributed by atoms with Crippen LogP contribution in [-0.2, 0) is 11.3 Å². The van der Waals surface area contributed by atoms with Crippen LogP contribution in [0, 0.1) is 0 Å². The van der Waals surface area contributed by atoms with Gasteiger partial charge in [0.25, 0.3) is 0 Å². The van der Waals surface area contributed by atoms with E-state index in [1.807, 2.05) is 24.3 Å². The molecule has 4 rings (SSSR count). The summed E-state index contributed by atoms with van der Waals surface area (Å²) in [4.78, 5) is 13.6. The molecule has 202 valence electrons. The molecule has 3 aromatic carbocycles. The normalized spacial score (nSPS) is 10.8. The van der Waals surface area contributed by atoms with Crippen molar-refractivity contribution >= 4 is 52.1 Å². The van der Waals surface area contributed by atoms with Crippen LogP contribution in [0.5, 0.6) is 11.5 Å². The van der Waals surface area contributed by atoms with E-state index in [1.165, 1.54) is 10.4 Å². The molecule has 9 nitrogen and oxygen atoms in total. The van der Waals surface area contributed by atoms with Crippen molar-refractivity contribution in [1.82, 2.24) is 30.8 Å². The minimum Gasteiger partial charge on any atom is -0.455 e. The highest BCUT2D eigenvalue weighted by molar-refractivity contribution is 7.80. The zero-order chi connectivity index (χ0) is 27.8. The number of nitrogens with one attached hydrogen (secondary N) is 3.